The molecule has 2 aliphatic heterocycles. The van der Waals surface area contributed by atoms with E-state index in [9.17, 15) is 36.6 Å². The van der Waals surface area contributed by atoms with E-state index in [1.807, 2.05) is 42.9 Å². The molecule has 0 radical (unpaired) electrons. The van der Waals surface area contributed by atoms with Gasteiger partial charge < -0.3 is 47.8 Å². The number of carbonyl (C=O) groups excluding carboxylic acids is 2. The number of aliphatic hydroxyl groups excluding tert-OH is 1. The van der Waals surface area contributed by atoms with Crippen molar-refractivity contribution in [2.45, 2.75) is 48.4 Å². The first-order valence-electron chi connectivity index (χ1n) is 23.7. The number of hydrogen-bond acceptors (Lipinski definition) is 16. The fraction of sp³-hybridized carbons (Fsp3) is 0.236. The van der Waals surface area contributed by atoms with Crippen molar-refractivity contribution >= 4 is 53.7 Å². The predicted molar refractivity (Wildman–Crippen MR) is 280 cm³/mol. The summed E-state index contributed by atoms with van der Waals surface area (Å²) in [4.78, 5) is 37.2. The second-order valence-corrected chi connectivity index (χ2v) is 21.5. The van der Waals surface area contributed by atoms with Crippen LogP contribution in [0.3, 0.4) is 0 Å². The Labute approximate surface area is 443 Å². The number of carbonyl (C=O) groups is 2. The lowest BCUT2D eigenvalue weighted by Crippen LogP contribution is -2.35. The number of fused-ring (bicyclic) bond motifs is 4. The third-order valence-electron chi connectivity index (χ3n) is 13.1. The molecule has 0 bridgehead atoms. The number of sulfonamides is 2. The topological polar surface area (TPSA) is 251 Å². The van der Waals surface area contributed by atoms with Crippen LogP contribution in [0.15, 0.2) is 131 Å². The van der Waals surface area contributed by atoms with Crippen LogP contribution in [0.4, 0.5) is 0 Å². The summed E-state index contributed by atoms with van der Waals surface area (Å²) in [5.41, 5.74) is 6.40. The highest BCUT2D eigenvalue weighted by Crippen LogP contribution is 2.42. The molecule has 20 nitrogen and oxygen atoms in total. The molecule has 2 aromatic heterocycles. The quantitative estimate of drug-likeness (QED) is 0.0442. The molecule has 0 saturated carbocycles. The van der Waals surface area contributed by atoms with E-state index >= 15 is 0 Å². The van der Waals surface area contributed by atoms with Gasteiger partial charge in [0, 0.05) is 53.9 Å². The van der Waals surface area contributed by atoms with Crippen LogP contribution in [0, 0.1) is 13.8 Å². The van der Waals surface area contributed by atoms with Crippen LogP contribution < -0.4 is 37.9 Å². The van der Waals surface area contributed by atoms with E-state index < -0.39 is 50.0 Å². The first kappa shape index (κ1) is 53.7. The van der Waals surface area contributed by atoms with Gasteiger partial charge in [-0.25, -0.2) is 36.1 Å². The van der Waals surface area contributed by atoms with Crippen LogP contribution in [0.25, 0.3) is 21.8 Å². The highest BCUT2D eigenvalue weighted by Gasteiger charge is 2.35. The third kappa shape index (κ3) is 11.0. The molecule has 0 aliphatic carbocycles. The molecule has 2 atom stereocenters. The Morgan fingerprint density at radius 3 is 1.47 bits per heavy atom. The summed E-state index contributed by atoms with van der Waals surface area (Å²) in [6.45, 7) is 3.97. The number of nitrogens with one attached hydrogen (secondary N) is 2. The van der Waals surface area contributed by atoms with Gasteiger partial charge >= 0.3 is 0 Å². The number of nitrogens with zero attached hydrogens (tertiary/aromatic N) is 2. The maximum atomic E-state index is 13.9. The maximum Gasteiger partial charge on any atom is 0.267 e. The second-order valence-electron chi connectivity index (χ2n) is 18.2. The van der Waals surface area contributed by atoms with Crippen LogP contribution in [0.2, 0.25) is 0 Å². The van der Waals surface area contributed by atoms with Crippen LogP contribution in [-0.4, -0.2) is 82.9 Å². The van der Waals surface area contributed by atoms with E-state index in [1.165, 1.54) is 33.5 Å². The van der Waals surface area contributed by atoms with Gasteiger partial charge in [-0.3, -0.25) is 9.59 Å². The summed E-state index contributed by atoms with van der Waals surface area (Å²) in [6.07, 6.45) is 1.87. The van der Waals surface area contributed by atoms with E-state index in [4.69, 9.17) is 38.2 Å². The van der Waals surface area contributed by atoms with Gasteiger partial charge in [0.1, 0.15) is 27.9 Å². The average molecular weight is 1090 g/mol. The molecule has 22 heteroatoms. The molecular weight excluding hydrogens is 1040 g/mol. The van der Waals surface area contributed by atoms with Gasteiger partial charge in [-0.15, -0.1) is 0 Å². The van der Waals surface area contributed by atoms with E-state index in [0.29, 0.717) is 56.2 Å². The third-order valence-corrected chi connectivity index (χ3v) is 15.8. The van der Waals surface area contributed by atoms with Crippen molar-refractivity contribution in [3.8, 4) is 34.5 Å². The fourth-order valence-corrected chi connectivity index (χ4v) is 11.6. The molecule has 10 rings (SSSR count). The molecule has 4 N–H and O–H groups in total. The standard InChI is InChI=1S/C28H28N2O8S.C27H26N2O8S/c1-17-5-10-26(25(11-17)34-3)39(32,33)29-28(31)27(19-7-9-23-24(13-19)37-16-36-23)21-14-30(2)22-12-18(15-38-35-4)6-8-20(21)22;1-15-4-9-24(23(10-15)35-3)38(33,34)28-26(30)25(16-6-8-21-22(12-16)37-14-36-21)19-13-29(2)20-11-17(27(31)32)5-7-18(19)20/h5-14,27H,15-16H2,1-4H3,(H,29,31);4-13,25,27,31-32H,14H2,1-3H3,(H,28,30). The van der Waals surface area contributed by atoms with Crippen LogP contribution in [-0.2, 0) is 60.1 Å². The zero-order valence-corrected chi connectivity index (χ0v) is 44.4. The molecule has 2 amide bonds. The smallest absolute Gasteiger partial charge is 0.267 e. The summed E-state index contributed by atoms with van der Waals surface area (Å²) < 4.78 is 94.1. The number of aliphatic hydroxyl groups is 2. The summed E-state index contributed by atoms with van der Waals surface area (Å²) >= 11 is 0. The number of ether oxygens (including phenoxy) is 6. The number of rotatable bonds is 16. The minimum Gasteiger partial charge on any atom is -0.495 e. The zero-order chi connectivity index (χ0) is 54.9. The molecule has 8 aromatic rings. The van der Waals surface area contributed by atoms with Gasteiger partial charge in [0.05, 0.1) is 33.2 Å². The Balaban J connectivity index is 0.000000188. The largest absolute Gasteiger partial charge is 0.495 e. The lowest BCUT2D eigenvalue weighted by atomic mass is 9.90. The highest BCUT2D eigenvalue weighted by molar-refractivity contribution is 7.90. The molecular formula is C55H54N4O16S2. The van der Waals surface area contributed by atoms with E-state index in [2.05, 4.69) is 9.44 Å². The Bertz CT molecular complexity index is 3820. The Kier molecular flexibility index (Phi) is 15.2. The van der Waals surface area contributed by atoms with Crippen molar-refractivity contribution < 1.29 is 74.8 Å². The monoisotopic (exact) mass is 1090 g/mol. The second kappa shape index (κ2) is 21.9. The minimum absolute atomic E-state index is 0.0395. The Hall–Kier alpha value is -8.12. The van der Waals surface area contributed by atoms with Crippen molar-refractivity contribution in [1.82, 2.24) is 18.6 Å². The van der Waals surface area contributed by atoms with Gasteiger partial charge in [0.2, 0.25) is 25.4 Å². The van der Waals surface area contributed by atoms with E-state index in [0.717, 1.165) is 27.6 Å². The summed E-state index contributed by atoms with van der Waals surface area (Å²) in [6, 6.07) is 29.9. The van der Waals surface area contributed by atoms with Gasteiger partial charge in [0.15, 0.2) is 29.3 Å². The van der Waals surface area contributed by atoms with Crippen LogP contribution >= 0.6 is 0 Å². The maximum absolute atomic E-state index is 13.9. The highest BCUT2D eigenvalue weighted by atomic mass is 32.2. The van der Waals surface area contributed by atoms with Crippen molar-refractivity contribution in [3.05, 3.63) is 166 Å². The Morgan fingerprint density at radius 1 is 0.571 bits per heavy atom. The normalized spacial score (nSPS) is 13.5. The lowest BCUT2D eigenvalue weighted by molar-refractivity contribution is -0.282. The van der Waals surface area contributed by atoms with Crippen LogP contribution in [0.5, 0.6) is 34.5 Å². The van der Waals surface area contributed by atoms with Crippen molar-refractivity contribution in [2.24, 2.45) is 14.1 Å². The molecule has 4 heterocycles. The van der Waals surface area contributed by atoms with Crippen LogP contribution in [0.1, 0.15) is 62.6 Å². The van der Waals surface area contributed by atoms with Gasteiger partial charge in [-0.1, -0.05) is 48.5 Å². The Morgan fingerprint density at radius 2 is 1.01 bits per heavy atom. The van der Waals surface area contributed by atoms with Crippen molar-refractivity contribution in [3.63, 3.8) is 0 Å². The summed E-state index contributed by atoms with van der Waals surface area (Å²) in [5, 5.41) is 20.7. The van der Waals surface area contributed by atoms with Gasteiger partial charge in [0.25, 0.3) is 20.0 Å². The number of methoxy groups -OCH3 is 2. The first-order valence-corrected chi connectivity index (χ1v) is 26.7. The zero-order valence-electron chi connectivity index (χ0n) is 42.7. The van der Waals surface area contributed by atoms with E-state index in [1.54, 1.807) is 104 Å². The molecule has 2 aliphatic rings. The summed E-state index contributed by atoms with van der Waals surface area (Å²) in [7, 11) is -0.793. The first-order chi connectivity index (χ1) is 36.8. The average Bonchev–Trinajstić information content (AvgIpc) is 4.24. The molecule has 6 aromatic carbocycles. The van der Waals surface area contributed by atoms with Gasteiger partial charge in [-0.2, -0.15) is 0 Å². The number of aromatic nitrogens is 2. The molecule has 0 fully saturated rings. The number of hydrogen-bond donors (Lipinski definition) is 4. The van der Waals surface area contributed by atoms with E-state index in [-0.39, 0.29) is 47.0 Å². The van der Waals surface area contributed by atoms with Crippen molar-refractivity contribution in [2.75, 3.05) is 34.9 Å². The number of aryl methyl sites for hydroxylation is 4. The minimum atomic E-state index is -4.31. The number of amides is 2. The van der Waals surface area contributed by atoms with Gasteiger partial charge in [-0.05, 0) is 113 Å². The molecule has 0 spiro atoms. The summed E-state index contributed by atoms with van der Waals surface area (Å²) in [5.74, 6) is -1.32. The number of benzene rings is 6. The predicted octanol–water partition coefficient (Wildman–Crippen LogP) is 6.78. The van der Waals surface area contributed by atoms with Crippen molar-refractivity contribution in [1.29, 1.82) is 0 Å². The molecule has 0 saturated heterocycles. The molecule has 402 valence electrons. The lowest BCUT2D eigenvalue weighted by Gasteiger charge is -2.19. The fourth-order valence-electron chi connectivity index (χ4n) is 9.35. The molecule has 2 unspecified atom stereocenters. The SMILES string of the molecule is COOCc1ccc2c(C(C(=O)NS(=O)(=O)c3ccc(C)cc3OC)c3ccc4c(c3)OCO4)cn(C)c2c1.COc1cc(C)ccc1S(=O)(=O)NC(=O)C(c1ccc2c(c1)OCO2)c1cn(C)c2cc(C(O)O)ccc12. The molecule has 77 heavy (non-hydrogen) atoms.